The number of nitrogens with one attached hydrogen (secondary N) is 1. The van der Waals surface area contributed by atoms with Gasteiger partial charge < -0.3 is 11.1 Å². The van der Waals surface area contributed by atoms with Crippen molar-refractivity contribution in [3.63, 3.8) is 0 Å². The largest absolute Gasteiger partial charge is 0.399 e. The summed E-state index contributed by atoms with van der Waals surface area (Å²) >= 11 is 0. The van der Waals surface area contributed by atoms with Crippen LogP contribution in [0.4, 0.5) is 11.4 Å². The number of anilines is 2. The minimum atomic E-state index is -0.186. The summed E-state index contributed by atoms with van der Waals surface area (Å²) in [7, 11) is 0. The molecule has 1 heterocycles. The molecule has 5 nitrogen and oxygen atoms in total. The van der Waals surface area contributed by atoms with Crippen molar-refractivity contribution < 1.29 is 4.79 Å². The Kier molecular flexibility index (Phi) is 3.39. The summed E-state index contributed by atoms with van der Waals surface area (Å²) < 4.78 is 1.71. The number of para-hydroxylation sites is 2. The van der Waals surface area contributed by atoms with Gasteiger partial charge in [0.15, 0.2) is 0 Å². The molecule has 3 rings (SSSR count). The number of carbonyl (C=O) groups is 1. The van der Waals surface area contributed by atoms with E-state index in [-0.39, 0.29) is 5.91 Å². The van der Waals surface area contributed by atoms with Crippen LogP contribution in [-0.4, -0.2) is 15.7 Å². The molecule has 1 amide bonds. The van der Waals surface area contributed by atoms with Crippen LogP contribution in [0.5, 0.6) is 0 Å². The monoisotopic (exact) mass is 278 g/mol. The highest BCUT2D eigenvalue weighted by Crippen LogP contribution is 2.20. The molecule has 2 aromatic carbocycles. The number of benzene rings is 2. The second kappa shape index (κ2) is 5.50. The summed E-state index contributed by atoms with van der Waals surface area (Å²) in [6.45, 7) is 0. The Labute approximate surface area is 122 Å². The zero-order valence-corrected chi connectivity index (χ0v) is 11.2. The van der Waals surface area contributed by atoms with Crippen LogP contribution in [-0.2, 0) is 0 Å². The molecule has 104 valence electrons. The highest BCUT2D eigenvalue weighted by Gasteiger charge is 2.09. The maximum absolute atomic E-state index is 12.3. The summed E-state index contributed by atoms with van der Waals surface area (Å²) in [6, 6.07) is 16.1. The molecule has 0 unspecified atom stereocenters. The molecule has 0 fully saturated rings. The normalized spacial score (nSPS) is 10.3. The minimum absolute atomic E-state index is 0.186. The van der Waals surface area contributed by atoms with E-state index in [4.69, 9.17) is 5.73 Å². The van der Waals surface area contributed by atoms with Crippen LogP contribution < -0.4 is 11.1 Å². The zero-order chi connectivity index (χ0) is 14.7. The number of nitrogens with two attached hydrogens (primary N) is 1. The molecule has 0 atom stereocenters. The van der Waals surface area contributed by atoms with Gasteiger partial charge in [0.1, 0.15) is 0 Å². The number of carbonyl (C=O) groups excluding carboxylic acids is 1. The number of nitrogen functional groups attached to an aromatic ring is 1. The van der Waals surface area contributed by atoms with Crippen LogP contribution >= 0.6 is 0 Å². The first-order valence-electron chi connectivity index (χ1n) is 6.50. The van der Waals surface area contributed by atoms with E-state index < -0.39 is 0 Å². The Hall–Kier alpha value is -3.08. The number of nitrogens with zero attached hydrogens (tertiary/aromatic N) is 2. The minimum Gasteiger partial charge on any atom is -0.399 e. The van der Waals surface area contributed by atoms with Crippen LogP contribution in [0.2, 0.25) is 0 Å². The Morgan fingerprint density at radius 1 is 1.05 bits per heavy atom. The molecule has 5 heteroatoms. The molecule has 0 aliphatic rings. The lowest BCUT2D eigenvalue weighted by molar-refractivity contribution is 0.102. The average Bonchev–Trinajstić information content (AvgIpc) is 3.02. The summed E-state index contributed by atoms with van der Waals surface area (Å²) in [5.41, 5.74) is 8.32. The predicted octanol–water partition coefficient (Wildman–Crippen LogP) is 2.71. The van der Waals surface area contributed by atoms with Crippen molar-refractivity contribution in [3.05, 3.63) is 72.6 Å². The molecule has 3 N–H and O–H groups in total. The summed E-state index contributed by atoms with van der Waals surface area (Å²) in [4.78, 5) is 12.3. The first-order chi connectivity index (χ1) is 10.2. The fraction of sp³-hybridized carbons (Fsp3) is 0. The first kappa shape index (κ1) is 12.9. The molecule has 0 saturated carbocycles. The molecule has 21 heavy (non-hydrogen) atoms. The van der Waals surface area contributed by atoms with Crippen molar-refractivity contribution in [3.8, 4) is 5.69 Å². The average molecular weight is 278 g/mol. The maximum atomic E-state index is 12.3. The van der Waals surface area contributed by atoms with Gasteiger partial charge in [-0.25, -0.2) is 4.68 Å². The van der Waals surface area contributed by atoms with E-state index in [1.807, 2.05) is 36.5 Å². The van der Waals surface area contributed by atoms with Gasteiger partial charge in [0, 0.05) is 23.6 Å². The van der Waals surface area contributed by atoms with E-state index >= 15 is 0 Å². The molecule has 0 bridgehead atoms. The molecule has 0 radical (unpaired) electrons. The number of amides is 1. The van der Waals surface area contributed by atoms with Crippen molar-refractivity contribution in [2.24, 2.45) is 0 Å². The molecule has 0 spiro atoms. The lowest BCUT2D eigenvalue weighted by atomic mass is 10.2. The molecule has 0 aliphatic heterocycles. The summed E-state index contributed by atoms with van der Waals surface area (Å²) in [5.74, 6) is -0.186. The fourth-order valence-corrected chi connectivity index (χ4v) is 2.02. The van der Waals surface area contributed by atoms with E-state index in [9.17, 15) is 4.79 Å². The highest BCUT2D eigenvalue weighted by molar-refractivity contribution is 6.05. The Morgan fingerprint density at radius 3 is 2.52 bits per heavy atom. The van der Waals surface area contributed by atoms with E-state index in [0.717, 1.165) is 5.69 Å². The van der Waals surface area contributed by atoms with Gasteiger partial charge >= 0.3 is 0 Å². The number of aromatic nitrogens is 2. The van der Waals surface area contributed by atoms with E-state index in [0.29, 0.717) is 16.9 Å². The smallest absolute Gasteiger partial charge is 0.255 e. The Morgan fingerprint density at radius 2 is 1.81 bits per heavy atom. The van der Waals surface area contributed by atoms with E-state index in [1.54, 1.807) is 35.1 Å². The van der Waals surface area contributed by atoms with Gasteiger partial charge in [-0.15, -0.1) is 0 Å². The molecule has 3 aromatic rings. The second-order valence-electron chi connectivity index (χ2n) is 4.54. The third-order valence-electron chi connectivity index (χ3n) is 3.08. The Bertz CT molecular complexity index is 748. The third kappa shape index (κ3) is 2.76. The molecule has 0 aliphatic carbocycles. The van der Waals surface area contributed by atoms with Crippen molar-refractivity contribution in [1.29, 1.82) is 0 Å². The molecule has 0 saturated heterocycles. The number of hydrogen-bond donors (Lipinski definition) is 2. The summed E-state index contributed by atoms with van der Waals surface area (Å²) in [5, 5.41) is 7.08. The van der Waals surface area contributed by atoms with Gasteiger partial charge in [0.2, 0.25) is 0 Å². The maximum Gasteiger partial charge on any atom is 0.255 e. The molecular formula is C16H14N4O. The van der Waals surface area contributed by atoms with Gasteiger partial charge in [-0.3, -0.25) is 4.79 Å². The van der Waals surface area contributed by atoms with Crippen LogP contribution in [0, 0.1) is 0 Å². The lowest BCUT2D eigenvalue weighted by Gasteiger charge is -2.11. The lowest BCUT2D eigenvalue weighted by Crippen LogP contribution is -2.14. The molecular weight excluding hydrogens is 264 g/mol. The van der Waals surface area contributed by atoms with E-state index in [2.05, 4.69) is 10.4 Å². The van der Waals surface area contributed by atoms with Crippen LogP contribution in [0.3, 0.4) is 0 Å². The van der Waals surface area contributed by atoms with Crippen molar-refractivity contribution in [2.45, 2.75) is 0 Å². The Balaban J connectivity index is 1.88. The predicted molar refractivity (Wildman–Crippen MR) is 82.4 cm³/mol. The topological polar surface area (TPSA) is 72.9 Å². The first-order valence-corrected chi connectivity index (χ1v) is 6.50. The standard InChI is InChI=1S/C16H14N4O/c17-13-8-6-12(7-9-13)16(21)19-14-4-1-2-5-15(14)20-11-3-10-18-20/h1-11H,17H2,(H,19,21). The van der Waals surface area contributed by atoms with Crippen LogP contribution in [0.15, 0.2) is 67.0 Å². The van der Waals surface area contributed by atoms with Crippen LogP contribution in [0.1, 0.15) is 10.4 Å². The number of hydrogen-bond acceptors (Lipinski definition) is 3. The van der Waals surface area contributed by atoms with Crippen LogP contribution in [0.25, 0.3) is 5.69 Å². The van der Waals surface area contributed by atoms with Gasteiger partial charge in [-0.1, -0.05) is 12.1 Å². The number of rotatable bonds is 3. The van der Waals surface area contributed by atoms with Gasteiger partial charge in [0.25, 0.3) is 5.91 Å². The van der Waals surface area contributed by atoms with Gasteiger partial charge in [-0.05, 0) is 42.5 Å². The molecule has 1 aromatic heterocycles. The fourth-order valence-electron chi connectivity index (χ4n) is 2.02. The van der Waals surface area contributed by atoms with Crippen molar-refractivity contribution in [1.82, 2.24) is 9.78 Å². The van der Waals surface area contributed by atoms with Gasteiger partial charge in [-0.2, -0.15) is 5.10 Å². The quantitative estimate of drug-likeness (QED) is 0.723. The zero-order valence-electron chi connectivity index (χ0n) is 11.2. The van der Waals surface area contributed by atoms with Crippen molar-refractivity contribution in [2.75, 3.05) is 11.1 Å². The highest BCUT2D eigenvalue weighted by atomic mass is 16.1. The van der Waals surface area contributed by atoms with Crippen molar-refractivity contribution >= 4 is 17.3 Å². The SMILES string of the molecule is Nc1ccc(C(=O)Nc2ccccc2-n2cccn2)cc1. The second-order valence-corrected chi connectivity index (χ2v) is 4.54. The summed E-state index contributed by atoms with van der Waals surface area (Å²) in [6.07, 6.45) is 3.52. The third-order valence-corrected chi connectivity index (χ3v) is 3.08. The van der Waals surface area contributed by atoms with E-state index in [1.165, 1.54) is 0 Å². The van der Waals surface area contributed by atoms with Gasteiger partial charge in [0.05, 0.1) is 11.4 Å².